The Hall–Kier alpha value is -1.20. The third-order valence-electron chi connectivity index (χ3n) is 2.71. The third kappa shape index (κ3) is 4.66. The summed E-state index contributed by atoms with van der Waals surface area (Å²) in [6, 6.07) is 0. The van der Waals surface area contributed by atoms with E-state index >= 15 is 0 Å². The van der Waals surface area contributed by atoms with E-state index in [1.807, 2.05) is 0 Å². The molecule has 0 saturated carbocycles. The molecule has 2 heterocycles. The molecule has 1 saturated heterocycles. The fourth-order valence-corrected chi connectivity index (χ4v) is 1.75. The van der Waals surface area contributed by atoms with Crippen molar-refractivity contribution in [2.75, 3.05) is 38.3 Å². The Morgan fingerprint density at radius 2 is 2.47 bits per heavy atom. The molecule has 0 spiro atoms. The van der Waals surface area contributed by atoms with Crippen LogP contribution in [0.1, 0.15) is 12.8 Å². The molecule has 2 rings (SSSR count). The van der Waals surface area contributed by atoms with Crippen LogP contribution >= 0.6 is 0 Å². The molecule has 17 heavy (non-hydrogen) atoms. The zero-order valence-electron chi connectivity index (χ0n) is 9.97. The molecular formula is C12H19N3O2. The standard InChI is InChI=1S/C12H19N3O2/c1(3-14-12-8-13-4-5-15-12)6-16-9-11-2-7-17-10-11/h4-5,8,11H,1-3,6-7,9-10H2,(H,14,15). The second kappa shape index (κ2) is 7.19. The van der Waals surface area contributed by atoms with Gasteiger partial charge in [-0.05, 0) is 12.8 Å². The Morgan fingerprint density at radius 1 is 1.47 bits per heavy atom. The van der Waals surface area contributed by atoms with Gasteiger partial charge < -0.3 is 14.8 Å². The number of nitrogens with one attached hydrogen (secondary N) is 1. The van der Waals surface area contributed by atoms with Crippen LogP contribution in [-0.4, -0.2) is 42.9 Å². The maximum absolute atomic E-state index is 5.60. The first-order valence-electron chi connectivity index (χ1n) is 6.10. The molecule has 5 nitrogen and oxygen atoms in total. The van der Waals surface area contributed by atoms with Gasteiger partial charge >= 0.3 is 0 Å². The second-order valence-corrected chi connectivity index (χ2v) is 4.18. The molecule has 0 aromatic carbocycles. The summed E-state index contributed by atoms with van der Waals surface area (Å²) >= 11 is 0. The van der Waals surface area contributed by atoms with E-state index in [-0.39, 0.29) is 0 Å². The van der Waals surface area contributed by atoms with Crippen molar-refractivity contribution in [3.8, 4) is 0 Å². The van der Waals surface area contributed by atoms with Gasteiger partial charge in [-0.2, -0.15) is 0 Å². The van der Waals surface area contributed by atoms with Gasteiger partial charge in [0.15, 0.2) is 0 Å². The predicted molar refractivity (Wildman–Crippen MR) is 64.9 cm³/mol. The normalized spacial score (nSPS) is 19.4. The lowest BCUT2D eigenvalue weighted by Gasteiger charge is -2.09. The van der Waals surface area contributed by atoms with Gasteiger partial charge in [-0.1, -0.05) is 0 Å². The Kier molecular flexibility index (Phi) is 5.19. The number of aromatic nitrogens is 2. The monoisotopic (exact) mass is 237 g/mol. The Balaban J connectivity index is 1.46. The van der Waals surface area contributed by atoms with E-state index in [2.05, 4.69) is 15.3 Å². The smallest absolute Gasteiger partial charge is 0.144 e. The van der Waals surface area contributed by atoms with Crippen LogP contribution in [0.25, 0.3) is 0 Å². The molecule has 1 aromatic heterocycles. The minimum absolute atomic E-state index is 0.600. The highest BCUT2D eigenvalue weighted by atomic mass is 16.5. The summed E-state index contributed by atoms with van der Waals surface area (Å²) in [5, 5.41) is 3.19. The number of rotatable bonds is 7. The molecular weight excluding hydrogens is 218 g/mol. The zero-order valence-corrected chi connectivity index (χ0v) is 9.97. The van der Waals surface area contributed by atoms with Crippen molar-refractivity contribution in [3.63, 3.8) is 0 Å². The molecule has 1 fully saturated rings. The highest BCUT2D eigenvalue weighted by Gasteiger charge is 2.14. The van der Waals surface area contributed by atoms with Gasteiger partial charge in [-0.3, -0.25) is 4.98 Å². The van der Waals surface area contributed by atoms with Gasteiger partial charge in [0.25, 0.3) is 0 Å². The van der Waals surface area contributed by atoms with Gasteiger partial charge in [-0.15, -0.1) is 0 Å². The lowest BCUT2D eigenvalue weighted by atomic mass is 10.1. The lowest BCUT2D eigenvalue weighted by molar-refractivity contribution is 0.0897. The van der Waals surface area contributed by atoms with Gasteiger partial charge in [0.05, 0.1) is 19.4 Å². The van der Waals surface area contributed by atoms with Crippen LogP contribution in [0.2, 0.25) is 0 Å². The Morgan fingerprint density at radius 3 is 3.24 bits per heavy atom. The van der Waals surface area contributed by atoms with Crippen molar-refractivity contribution in [2.24, 2.45) is 5.92 Å². The Bertz CT molecular complexity index is 302. The largest absolute Gasteiger partial charge is 0.381 e. The van der Waals surface area contributed by atoms with Crippen molar-refractivity contribution >= 4 is 5.82 Å². The van der Waals surface area contributed by atoms with E-state index in [0.29, 0.717) is 5.92 Å². The minimum Gasteiger partial charge on any atom is -0.381 e. The number of hydrogen-bond acceptors (Lipinski definition) is 5. The van der Waals surface area contributed by atoms with Gasteiger partial charge in [0.1, 0.15) is 5.82 Å². The summed E-state index contributed by atoms with van der Waals surface area (Å²) in [6.45, 7) is 4.22. The number of ether oxygens (including phenoxy) is 2. The van der Waals surface area contributed by atoms with Gasteiger partial charge in [0.2, 0.25) is 0 Å². The minimum atomic E-state index is 0.600. The average molecular weight is 237 g/mol. The fourth-order valence-electron chi connectivity index (χ4n) is 1.75. The summed E-state index contributed by atoms with van der Waals surface area (Å²) in [4.78, 5) is 8.11. The molecule has 1 N–H and O–H groups in total. The summed E-state index contributed by atoms with van der Waals surface area (Å²) in [5.74, 6) is 1.42. The molecule has 1 aliphatic heterocycles. The quantitative estimate of drug-likeness (QED) is 0.725. The van der Waals surface area contributed by atoms with Crippen LogP contribution in [0.4, 0.5) is 5.82 Å². The van der Waals surface area contributed by atoms with Crippen molar-refractivity contribution in [1.82, 2.24) is 9.97 Å². The van der Waals surface area contributed by atoms with E-state index in [1.54, 1.807) is 18.6 Å². The van der Waals surface area contributed by atoms with E-state index in [1.165, 1.54) is 0 Å². The van der Waals surface area contributed by atoms with E-state index in [0.717, 1.165) is 51.6 Å². The molecule has 1 unspecified atom stereocenters. The molecule has 94 valence electrons. The summed E-state index contributed by atoms with van der Waals surface area (Å²) in [5.41, 5.74) is 0. The van der Waals surface area contributed by atoms with Crippen LogP contribution in [0, 0.1) is 5.92 Å². The summed E-state index contributed by atoms with van der Waals surface area (Å²) in [7, 11) is 0. The van der Waals surface area contributed by atoms with E-state index in [4.69, 9.17) is 9.47 Å². The van der Waals surface area contributed by atoms with Crippen LogP contribution in [0.15, 0.2) is 18.6 Å². The molecule has 1 atom stereocenters. The van der Waals surface area contributed by atoms with E-state index in [9.17, 15) is 0 Å². The first-order valence-corrected chi connectivity index (χ1v) is 6.10. The second-order valence-electron chi connectivity index (χ2n) is 4.18. The maximum Gasteiger partial charge on any atom is 0.144 e. The average Bonchev–Trinajstić information content (AvgIpc) is 2.88. The Labute approximate surface area is 102 Å². The molecule has 1 aromatic rings. The fraction of sp³-hybridized carbons (Fsp3) is 0.667. The number of anilines is 1. The van der Waals surface area contributed by atoms with Crippen LogP contribution < -0.4 is 5.32 Å². The van der Waals surface area contributed by atoms with Crippen molar-refractivity contribution in [2.45, 2.75) is 12.8 Å². The van der Waals surface area contributed by atoms with Crippen molar-refractivity contribution in [1.29, 1.82) is 0 Å². The van der Waals surface area contributed by atoms with Gasteiger partial charge in [0, 0.05) is 38.1 Å². The molecule has 0 aliphatic carbocycles. The van der Waals surface area contributed by atoms with Crippen molar-refractivity contribution < 1.29 is 9.47 Å². The molecule has 0 amide bonds. The first-order chi connectivity index (χ1) is 8.45. The predicted octanol–water partition coefficient (Wildman–Crippen LogP) is 1.33. The molecule has 5 heteroatoms. The van der Waals surface area contributed by atoms with Crippen LogP contribution in [0.3, 0.4) is 0 Å². The molecule has 1 aliphatic rings. The van der Waals surface area contributed by atoms with E-state index < -0.39 is 0 Å². The highest BCUT2D eigenvalue weighted by molar-refractivity contribution is 5.29. The summed E-state index contributed by atoms with van der Waals surface area (Å²) < 4.78 is 10.9. The summed E-state index contributed by atoms with van der Waals surface area (Å²) in [6.07, 6.45) is 7.18. The molecule has 0 bridgehead atoms. The lowest BCUT2D eigenvalue weighted by Crippen LogP contribution is -2.12. The number of nitrogens with zero attached hydrogens (tertiary/aromatic N) is 2. The van der Waals surface area contributed by atoms with Crippen LogP contribution in [-0.2, 0) is 9.47 Å². The SMILES string of the molecule is c1cnc(NCCCOCC2CCOC2)cn1. The topological polar surface area (TPSA) is 56.3 Å². The van der Waals surface area contributed by atoms with Crippen molar-refractivity contribution in [3.05, 3.63) is 18.6 Å². The maximum atomic E-state index is 5.60. The molecule has 0 radical (unpaired) electrons. The highest BCUT2D eigenvalue weighted by Crippen LogP contribution is 2.12. The van der Waals surface area contributed by atoms with Gasteiger partial charge in [-0.25, -0.2) is 4.98 Å². The van der Waals surface area contributed by atoms with Crippen LogP contribution in [0.5, 0.6) is 0 Å². The third-order valence-corrected chi connectivity index (χ3v) is 2.71. The number of hydrogen-bond donors (Lipinski definition) is 1. The zero-order chi connectivity index (χ0) is 11.8. The first kappa shape index (κ1) is 12.3.